The molecule has 1 atom stereocenters. The maximum atomic E-state index is 13.0. The van der Waals surface area contributed by atoms with Gasteiger partial charge in [-0.05, 0) is 37.1 Å². The van der Waals surface area contributed by atoms with E-state index >= 15 is 0 Å². The molecule has 1 aliphatic heterocycles. The molecule has 2 aliphatic rings. The number of alkyl halides is 3. The van der Waals surface area contributed by atoms with Crippen molar-refractivity contribution >= 4 is 65.8 Å². The van der Waals surface area contributed by atoms with Crippen LogP contribution in [0.15, 0.2) is 52.0 Å². The quantitative estimate of drug-likeness (QED) is 0.183. The van der Waals surface area contributed by atoms with Gasteiger partial charge in [0.1, 0.15) is 17.0 Å². The van der Waals surface area contributed by atoms with Gasteiger partial charge in [0.2, 0.25) is 0 Å². The van der Waals surface area contributed by atoms with Crippen LogP contribution in [0.4, 0.5) is 18.3 Å². The third-order valence-electron chi connectivity index (χ3n) is 7.01. The number of nitrogens with zero attached hydrogens (tertiary/aromatic N) is 4. The number of thiazole rings is 1. The van der Waals surface area contributed by atoms with Gasteiger partial charge in [-0.2, -0.15) is 0 Å². The van der Waals surface area contributed by atoms with E-state index in [1.165, 1.54) is 17.4 Å². The van der Waals surface area contributed by atoms with Crippen molar-refractivity contribution in [2.24, 2.45) is 0 Å². The Labute approximate surface area is 250 Å². The Bertz CT molecular complexity index is 1570. The summed E-state index contributed by atoms with van der Waals surface area (Å²) in [4.78, 5) is 8.92. The summed E-state index contributed by atoms with van der Waals surface area (Å²) in [6, 6.07) is 8.26. The van der Waals surface area contributed by atoms with Crippen molar-refractivity contribution in [2.45, 2.75) is 37.7 Å². The monoisotopic (exact) mass is 672 g/mol. The first-order valence-corrected chi connectivity index (χ1v) is 14.9. The molecule has 4 aromatic rings. The molecule has 1 saturated carbocycles. The molecule has 0 radical (unpaired) electrons. The lowest BCUT2D eigenvalue weighted by Crippen LogP contribution is -2.52. The van der Waals surface area contributed by atoms with E-state index in [-0.39, 0.29) is 17.3 Å². The summed E-state index contributed by atoms with van der Waals surface area (Å²) in [5, 5.41) is 6.02. The standard InChI is InChI=1S/C27H22BrCl2F3N4O2S/c1-2-16-12-36(13-17-23(35-39-25(17)14-6-7-14)22-18(29)4-3-5-19(22)30)8-9-37(16)26-34-24-20(38-27(31,32)33)10-15(28)11-21(24)40-26/h2-5,10-11,14,16H,1,6-9,12-13H2/t16-/m1/s1. The zero-order valence-electron chi connectivity index (χ0n) is 20.8. The number of rotatable bonds is 7. The Morgan fingerprint density at radius 2 is 1.95 bits per heavy atom. The van der Waals surface area contributed by atoms with E-state index in [4.69, 9.17) is 27.7 Å². The van der Waals surface area contributed by atoms with Gasteiger partial charge in [0.25, 0.3) is 0 Å². The van der Waals surface area contributed by atoms with Crippen molar-refractivity contribution in [3.05, 3.63) is 68.8 Å². The van der Waals surface area contributed by atoms with E-state index in [0.29, 0.717) is 67.7 Å². The number of anilines is 1. The molecular weight excluding hydrogens is 652 g/mol. The first-order chi connectivity index (χ1) is 19.1. The third kappa shape index (κ3) is 5.59. The molecule has 6 rings (SSSR count). The van der Waals surface area contributed by atoms with Crippen molar-refractivity contribution in [1.82, 2.24) is 15.0 Å². The fraction of sp³-hybridized carbons (Fsp3) is 0.333. The van der Waals surface area contributed by atoms with E-state index < -0.39 is 6.36 Å². The third-order valence-corrected chi connectivity index (χ3v) is 9.13. The lowest BCUT2D eigenvalue weighted by molar-refractivity contribution is -0.274. The zero-order valence-corrected chi connectivity index (χ0v) is 24.8. The highest BCUT2D eigenvalue weighted by atomic mass is 79.9. The average Bonchev–Trinajstić information content (AvgIpc) is 3.52. The molecule has 0 amide bonds. The number of ether oxygens (including phenoxy) is 1. The minimum atomic E-state index is -4.82. The first-order valence-electron chi connectivity index (χ1n) is 12.5. The van der Waals surface area contributed by atoms with Crippen molar-refractivity contribution in [1.29, 1.82) is 0 Å². The lowest BCUT2D eigenvalue weighted by Gasteiger charge is -2.40. The van der Waals surface area contributed by atoms with Gasteiger partial charge in [-0.1, -0.05) is 67.8 Å². The van der Waals surface area contributed by atoms with E-state index in [9.17, 15) is 13.2 Å². The number of fused-ring (bicyclic) bond motifs is 1. The van der Waals surface area contributed by atoms with E-state index in [0.717, 1.165) is 24.2 Å². The molecule has 0 unspecified atom stereocenters. The zero-order chi connectivity index (χ0) is 28.2. The predicted octanol–water partition coefficient (Wildman–Crippen LogP) is 8.67. The molecule has 3 heterocycles. The molecule has 6 nitrogen and oxygen atoms in total. The molecule has 13 heteroatoms. The molecule has 2 fully saturated rings. The summed E-state index contributed by atoms with van der Waals surface area (Å²) in [6.07, 6.45) is -0.882. The molecule has 210 valence electrons. The minimum Gasteiger partial charge on any atom is -0.403 e. The van der Waals surface area contributed by atoms with Gasteiger partial charge < -0.3 is 14.2 Å². The summed E-state index contributed by atoms with van der Waals surface area (Å²) in [6.45, 7) is 6.52. The van der Waals surface area contributed by atoms with Crippen LogP contribution < -0.4 is 9.64 Å². The maximum absolute atomic E-state index is 13.0. The SMILES string of the molecule is C=C[C@@H]1CN(Cc2c(-c3c(Cl)cccc3Cl)noc2C2CC2)CCN1c1nc2c(OC(F)(F)F)cc(Br)cc2s1. The largest absolute Gasteiger partial charge is 0.573 e. The highest BCUT2D eigenvalue weighted by molar-refractivity contribution is 9.10. The Hall–Kier alpha value is -2.31. The van der Waals surface area contributed by atoms with Crippen LogP contribution in [-0.4, -0.2) is 47.1 Å². The van der Waals surface area contributed by atoms with E-state index in [2.05, 4.69) is 47.2 Å². The van der Waals surface area contributed by atoms with Crippen molar-refractivity contribution in [3.8, 4) is 17.0 Å². The summed E-state index contributed by atoms with van der Waals surface area (Å²) < 4.78 is 50.2. The topological polar surface area (TPSA) is 54.6 Å². The summed E-state index contributed by atoms with van der Waals surface area (Å²) in [5.41, 5.74) is 2.47. The van der Waals surface area contributed by atoms with Crippen LogP contribution in [0.3, 0.4) is 0 Å². The Balaban J connectivity index is 1.27. The minimum absolute atomic E-state index is 0.124. The molecule has 40 heavy (non-hydrogen) atoms. The lowest BCUT2D eigenvalue weighted by atomic mass is 10.0. The smallest absolute Gasteiger partial charge is 0.403 e. The van der Waals surface area contributed by atoms with Crippen LogP contribution in [0.1, 0.15) is 30.1 Å². The normalized spacial score (nSPS) is 18.4. The second-order valence-electron chi connectivity index (χ2n) is 9.77. The molecule has 0 N–H and O–H groups in total. The molecule has 0 spiro atoms. The summed E-state index contributed by atoms with van der Waals surface area (Å²) in [7, 11) is 0. The van der Waals surface area contributed by atoms with Crippen LogP contribution in [0.2, 0.25) is 10.0 Å². The number of hydrogen-bond donors (Lipinski definition) is 0. The summed E-state index contributed by atoms with van der Waals surface area (Å²) >= 11 is 17.6. The number of piperazine rings is 1. The Morgan fingerprint density at radius 3 is 2.62 bits per heavy atom. The molecule has 1 saturated heterocycles. The van der Waals surface area contributed by atoms with Gasteiger partial charge in [-0.15, -0.1) is 19.8 Å². The second-order valence-corrected chi connectivity index (χ2v) is 12.5. The van der Waals surface area contributed by atoms with Gasteiger partial charge >= 0.3 is 6.36 Å². The fourth-order valence-corrected chi connectivity index (χ4v) is 7.29. The average molecular weight is 674 g/mol. The molecule has 2 aromatic carbocycles. The number of hydrogen-bond acceptors (Lipinski definition) is 7. The number of halogens is 6. The van der Waals surface area contributed by atoms with Gasteiger partial charge in [0.05, 0.1) is 20.8 Å². The van der Waals surface area contributed by atoms with Crippen molar-refractivity contribution < 1.29 is 22.4 Å². The van der Waals surface area contributed by atoms with Gasteiger partial charge in [0.15, 0.2) is 10.9 Å². The number of aromatic nitrogens is 2. The molecule has 2 aromatic heterocycles. The highest BCUT2D eigenvalue weighted by Gasteiger charge is 2.36. The van der Waals surface area contributed by atoms with Crippen LogP contribution in [0.5, 0.6) is 5.75 Å². The number of benzene rings is 2. The van der Waals surface area contributed by atoms with Crippen LogP contribution in [0.25, 0.3) is 21.5 Å². The molecule has 1 aliphatic carbocycles. The fourth-order valence-electron chi connectivity index (χ4n) is 5.02. The highest BCUT2D eigenvalue weighted by Crippen LogP contribution is 2.46. The van der Waals surface area contributed by atoms with Crippen molar-refractivity contribution in [2.75, 3.05) is 24.5 Å². The second kappa shape index (κ2) is 10.8. The molecular formula is C27H22BrCl2F3N4O2S. The Morgan fingerprint density at radius 1 is 1.20 bits per heavy atom. The predicted molar refractivity (Wildman–Crippen MR) is 155 cm³/mol. The van der Waals surface area contributed by atoms with Crippen LogP contribution in [0, 0.1) is 0 Å². The van der Waals surface area contributed by atoms with E-state index in [1.807, 2.05) is 6.08 Å². The maximum Gasteiger partial charge on any atom is 0.573 e. The van der Waals surface area contributed by atoms with Crippen LogP contribution >= 0.6 is 50.5 Å². The van der Waals surface area contributed by atoms with Crippen molar-refractivity contribution in [3.63, 3.8) is 0 Å². The Kier molecular flexibility index (Phi) is 7.54. The van der Waals surface area contributed by atoms with E-state index in [1.54, 1.807) is 24.3 Å². The van der Waals surface area contributed by atoms with Gasteiger partial charge in [-0.3, -0.25) is 4.90 Å². The van der Waals surface area contributed by atoms with Gasteiger partial charge in [0, 0.05) is 47.7 Å². The van der Waals surface area contributed by atoms with Gasteiger partial charge in [-0.25, -0.2) is 4.98 Å². The summed E-state index contributed by atoms with van der Waals surface area (Å²) in [5.74, 6) is 0.876. The molecule has 0 bridgehead atoms. The van der Waals surface area contributed by atoms with Crippen LogP contribution in [-0.2, 0) is 6.54 Å². The first kappa shape index (κ1) is 27.8.